The van der Waals surface area contributed by atoms with Crippen molar-refractivity contribution in [3.05, 3.63) is 48.5 Å². The normalized spacial score (nSPS) is 11.3. The van der Waals surface area contributed by atoms with Gasteiger partial charge < -0.3 is 14.4 Å². The van der Waals surface area contributed by atoms with Gasteiger partial charge in [0.15, 0.2) is 0 Å². The van der Waals surface area contributed by atoms with Crippen LogP contribution in [0.2, 0.25) is 0 Å². The number of imidazole rings is 1. The molecule has 3 rings (SSSR count). The van der Waals surface area contributed by atoms with Gasteiger partial charge in [-0.3, -0.25) is 5.73 Å². The van der Waals surface area contributed by atoms with E-state index in [0.717, 1.165) is 54.7 Å². The summed E-state index contributed by atoms with van der Waals surface area (Å²) in [4.78, 5) is 2.41. The molecule has 0 unspecified atom stereocenters. The highest BCUT2D eigenvalue weighted by atomic mass is 16.5. The van der Waals surface area contributed by atoms with E-state index in [1.54, 1.807) is 7.11 Å². The Kier molecular flexibility index (Phi) is 6.76. The summed E-state index contributed by atoms with van der Waals surface area (Å²) < 4.78 is 15.4. The highest BCUT2D eigenvalue weighted by Crippen LogP contribution is 2.19. The topological polar surface area (TPSA) is 56.5 Å². The van der Waals surface area contributed by atoms with Crippen LogP contribution in [0.15, 0.2) is 48.5 Å². The largest absolute Gasteiger partial charge is 0.497 e. The Balaban J connectivity index is 1.74. The van der Waals surface area contributed by atoms with Crippen molar-refractivity contribution in [2.24, 2.45) is 0 Å². The molecular weight excluding hydrogens is 352 g/mol. The van der Waals surface area contributed by atoms with Crippen molar-refractivity contribution in [2.75, 3.05) is 39.1 Å². The molecule has 0 bridgehead atoms. The van der Waals surface area contributed by atoms with Crippen LogP contribution in [0.25, 0.3) is 11.0 Å². The van der Waals surface area contributed by atoms with Crippen LogP contribution in [0.3, 0.4) is 0 Å². The van der Waals surface area contributed by atoms with E-state index in [1.165, 1.54) is 0 Å². The number of hydrogen-bond donors (Lipinski definition) is 1. The predicted molar refractivity (Wildman–Crippen MR) is 113 cm³/mol. The van der Waals surface area contributed by atoms with Crippen LogP contribution in [0.1, 0.15) is 13.8 Å². The van der Waals surface area contributed by atoms with Crippen molar-refractivity contribution in [1.82, 2.24) is 9.47 Å². The van der Waals surface area contributed by atoms with E-state index in [0.29, 0.717) is 13.2 Å². The fourth-order valence-corrected chi connectivity index (χ4v) is 3.49. The number of anilines is 1. The number of nitrogens with zero attached hydrogens (tertiary/aromatic N) is 3. The molecule has 2 aromatic carbocycles. The number of nitrogen functional groups attached to an aromatic ring is 1. The summed E-state index contributed by atoms with van der Waals surface area (Å²) >= 11 is 0. The summed E-state index contributed by atoms with van der Waals surface area (Å²) in [6, 6.07) is 16.0. The van der Waals surface area contributed by atoms with Crippen LogP contribution in [-0.4, -0.2) is 42.8 Å². The zero-order chi connectivity index (χ0) is 19.9. The molecule has 28 heavy (non-hydrogen) atoms. The second kappa shape index (κ2) is 9.46. The number of aromatic nitrogens is 2. The summed E-state index contributed by atoms with van der Waals surface area (Å²) in [5.74, 6) is 2.42. The van der Waals surface area contributed by atoms with E-state index < -0.39 is 0 Å². The number of fused-ring (bicyclic) bond motifs is 1. The molecule has 150 valence electrons. The highest BCUT2D eigenvalue weighted by molar-refractivity contribution is 5.73. The quantitative estimate of drug-likeness (QED) is 0.547. The Labute approximate surface area is 167 Å². The fourth-order valence-electron chi connectivity index (χ4n) is 3.49. The van der Waals surface area contributed by atoms with Crippen molar-refractivity contribution in [2.45, 2.75) is 26.9 Å². The van der Waals surface area contributed by atoms with E-state index in [9.17, 15) is 0 Å². The van der Waals surface area contributed by atoms with Gasteiger partial charge >= 0.3 is 5.95 Å². The average Bonchev–Trinajstić information content (AvgIpc) is 3.01. The van der Waals surface area contributed by atoms with Crippen LogP contribution in [-0.2, 0) is 13.1 Å². The third kappa shape index (κ3) is 4.39. The summed E-state index contributed by atoms with van der Waals surface area (Å²) in [6.45, 7) is 9.58. The van der Waals surface area contributed by atoms with Gasteiger partial charge in [0.2, 0.25) is 0 Å². The van der Waals surface area contributed by atoms with E-state index in [-0.39, 0.29) is 0 Å². The molecule has 0 radical (unpaired) electrons. The van der Waals surface area contributed by atoms with Gasteiger partial charge in [-0.2, -0.15) is 0 Å². The molecule has 0 amide bonds. The second-order valence-corrected chi connectivity index (χ2v) is 6.70. The van der Waals surface area contributed by atoms with E-state index >= 15 is 0 Å². The minimum Gasteiger partial charge on any atom is -0.497 e. The predicted octanol–water partition coefficient (Wildman–Crippen LogP) is 2.94. The number of hydrogen-bond acceptors (Lipinski definition) is 4. The monoisotopic (exact) mass is 383 g/mol. The molecule has 0 aliphatic heterocycles. The molecule has 0 saturated carbocycles. The number of methoxy groups -OCH3 is 1. The molecule has 0 fully saturated rings. The molecule has 1 heterocycles. The molecule has 0 atom stereocenters. The van der Waals surface area contributed by atoms with Crippen molar-refractivity contribution in [3.63, 3.8) is 0 Å². The lowest BCUT2D eigenvalue weighted by Crippen LogP contribution is -2.42. The molecule has 3 aromatic rings. The lowest BCUT2D eigenvalue weighted by Gasteiger charge is -2.17. The second-order valence-electron chi connectivity index (χ2n) is 6.70. The number of likely N-dealkylation sites (N-methyl/N-ethyl adjacent to an activating group) is 1. The SMILES string of the molecule is CCN(CC)CC[n+]1c(N)n(CCOc2ccc(OC)cc2)c2ccccc21. The zero-order valence-corrected chi connectivity index (χ0v) is 17.1. The molecule has 0 aliphatic carbocycles. The summed E-state index contributed by atoms with van der Waals surface area (Å²) in [7, 11) is 1.66. The van der Waals surface area contributed by atoms with Crippen LogP contribution < -0.4 is 19.8 Å². The van der Waals surface area contributed by atoms with Gasteiger partial charge in [0.05, 0.1) is 13.7 Å². The van der Waals surface area contributed by atoms with Gasteiger partial charge in [0.25, 0.3) is 0 Å². The first-order chi connectivity index (χ1) is 13.7. The maximum absolute atomic E-state index is 6.54. The number of ether oxygens (including phenoxy) is 2. The van der Waals surface area contributed by atoms with Crippen LogP contribution >= 0.6 is 0 Å². The third-order valence-electron chi connectivity index (χ3n) is 5.19. The first-order valence-electron chi connectivity index (χ1n) is 9.93. The highest BCUT2D eigenvalue weighted by Gasteiger charge is 2.20. The van der Waals surface area contributed by atoms with Crippen molar-refractivity contribution < 1.29 is 14.0 Å². The van der Waals surface area contributed by atoms with Gasteiger partial charge in [-0.15, -0.1) is 0 Å². The fraction of sp³-hybridized carbons (Fsp3) is 0.409. The van der Waals surface area contributed by atoms with Gasteiger partial charge in [0, 0.05) is 6.54 Å². The van der Waals surface area contributed by atoms with Crippen molar-refractivity contribution in [1.29, 1.82) is 0 Å². The molecule has 2 N–H and O–H groups in total. The minimum atomic E-state index is 0.547. The average molecular weight is 384 g/mol. The molecule has 6 nitrogen and oxygen atoms in total. The summed E-state index contributed by atoms with van der Waals surface area (Å²) in [5, 5.41) is 0. The first kappa shape index (κ1) is 20.0. The summed E-state index contributed by atoms with van der Waals surface area (Å²) in [6.07, 6.45) is 0. The van der Waals surface area contributed by atoms with Gasteiger partial charge in [0.1, 0.15) is 35.7 Å². The number of rotatable bonds is 10. The minimum absolute atomic E-state index is 0.547. The Bertz CT molecular complexity index is 885. The van der Waals surface area contributed by atoms with E-state index in [2.05, 4.69) is 52.1 Å². The Hall–Kier alpha value is -2.73. The van der Waals surface area contributed by atoms with E-state index in [4.69, 9.17) is 15.2 Å². The van der Waals surface area contributed by atoms with Crippen LogP contribution in [0.5, 0.6) is 11.5 Å². The molecule has 0 spiro atoms. The van der Waals surface area contributed by atoms with Crippen molar-refractivity contribution in [3.8, 4) is 11.5 Å². The van der Waals surface area contributed by atoms with Crippen molar-refractivity contribution >= 4 is 17.0 Å². The number of para-hydroxylation sites is 2. The number of benzene rings is 2. The van der Waals surface area contributed by atoms with Crippen LogP contribution in [0, 0.1) is 0 Å². The lowest BCUT2D eigenvalue weighted by atomic mass is 10.3. The smallest absolute Gasteiger partial charge is 0.356 e. The molecule has 0 aliphatic rings. The van der Waals surface area contributed by atoms with E-state index in [1.807, 2.05) is 24.3 Å². The van der Waals surface area contributed by atoms with Gasteiger partial charge in [-0.05, 0) is 49.5 Å². The molecule has 0 saturated heterocycles. The molecule has 6 heteroatoms. The lowest BCUT2D eigenvalue weighted by molar-refractivity contribution is -0.657. The Morgan fingerprint density at radius 1 is 1.00 bits per heavy atom. The zero-order valence-electron chi connectivity index (χ0n) is 17.1. The van der Waals surface area contributed by atoms with Gasteiger partial charge in [-0.1, -0.05) is 26.0 Å². The maximum atomic E-state index is 6.54. The molecule has 1 aromatic heterocycles. The molecular formula is C22H31N4O2+. The standard InChI is InChI=1S/C22H30N4O2/c1-4-24(5-2)14-15-25-20-8-6-7-9-21(20)26(22(25)23)16-17-28-19-12-10-18(27-3)11-13-19/h6-13,23H,4-5,14-17H2,1-3H3/p+1. The Morgan fingerprint density at radius 2 is 1.68 bits per heavy atom. The maximum Gasteiger partial charge on any atom is 0.356 e. The van der Waals surface area contributed by atoms with Gasteiger partial charge in [-0.25, -0.2) is 9.13 Å². The summed E-state index contributed by atoms with van der Waals surface area (Å²) in [5.41, 5.74) is 8.84. The first-order valence-corrected chi connectivity index (χ1v) is 9.93. The third-order valence-corrected chi connectivity index (χ3v) is 5.19. The Morgan fingerprint density at radius 3 is 2.36 bits per heavy atom. The number of nitrogens with two attached hydrogens (primary N) is 1. The van der Waals surface area contributed by atoms with Crippen LogP contribution in [0.4, 0.5) is 5.95 Å².